The van der Waals surface area contributed by atoms with Crippen molar-refractivity contribution in [2.45, 2.75) is 6.92 Å². The third-order valence-electron chi connectivity index (χ3n) is 4.19. The minimum Gasteiger partial charge on any atom is -0.507 e. The van der Waals surface area contributed by atoms with E-state index in [9.17, 15) is 14.7 Å². The first-order valence-corrected chi connectivity index (χ1v) is 9.60. The Morgan fingerprint density at radius 3 is 2.40 bits per heavy atom. The predicted octanol–water partition coefficient (Wildman–Crippen LogP) is 5.11. The number of anilines is 1. The van der Waals surface area contributed by atoms with E-state index in [0.717, 1.165) is 0 Å². The first kappa shape index (κ1) is 21.4. The molecule has 3 aromatic rings. The zero-order valence-corrected chi connectivity index (χ0v) is 17.3. The Bertz CT molecular complexity index is 1150. The summed E-state index contributed by atoms with van der Waals surface area (Å²) < 4.78 is 0. The van der Waals surface area contributed by atoms with Crippen molar-refractivity contribution >= 4 is 46.4 Å². The highest BCUT2D eigenvalue weighted by Gasteiger charge is 2.12. The van der Waals surface area contributed by atoms with Crippen LogP contribution in [-0.2, 0) is 0 Å². The molecule has 0 aliphatic heterocycles. The van der Waals surface area contributed by atoms with Gasteiger partial charge in [-0.1, -0.05) is 47.5 Å². The minimum absolute atomic E-state index is 0.120. The molecule has 0 atom stereocenters. The molecule has 3 N–H and O–H groups in total. The molecule has 0 aliphatic rings. The van der Waals surface area contributed by atoms with Gasteiger partial charge in [-0.3, -0.25) is 9.59 Å². The first-order valence-electron chi connectivity index (χ1n) is 8.84. The number of hydrazone groups is 1. The summed E-state index contributed by atoms with van der Waals surface area (Å²) in [5, 5.41) is 17.3. The lowest BCUT2D eigenvalue weighted by Gasteiger charge is -2.09. The van der Waals surface area contributed by atoms with Crippen LogP contribution in [0.4, 0.5) is 5.69 Å². The number of carbonyl (C=O) groups excluding carboxylic acids is 2. The van der Waals surface area contributed by atoms with Crippen molar-refractivity contribution in [1.82, 2.24) is 5.43 Å². The third kappa shape index (κ3) is 5.17. The normalized spacial score (nSPS) is 11.1. The average Bonchev–Trinajstić information content (AvgIpc) is 2.72. The van der Waals surface area contributed by atoms with E-state index >= 15 is 0 Å². The van der Waals surface area contributed by atoms with Crippen LogP contribution in [0.3, 0.4) is 0 Å². The number of nitrogens with one attached hydrogen (secondary N) is 2. The molecule has 0 saturated heterocycles. The average molecular weight is 442 g/mol. The summed E-state index contributed by atoms with van der Waals surface area (Å²) >= 11 is 11.9. The minimum atomic E-state index is -0.533. The van der Waals surface area contributed by atoms with E-state index in [1.54, 1.807) is 55.5 Å². The quantitative estimate of drug-likeness (QED) is 0.379. The van der Waals surface area contributed by atoms with Gasteiger partial charge in [0.15, 0.2) is 0 Å². The van der Waals surface area contributed by atoms with E-state index < -0.39 is 5.91 Å². The van der Waals surface area contributed by atoms with Crippen molar-refractivity contribution in [3.8, 4) is 5.75 Å². The van der Waals surface area contributed by atoms with E-state index in [0.29, 0.717) is 27.5 Å². The molecule has 0 aliphatic carbocycles. The van der Waals surface area contributed by atoms with Crippen molar-refractivity contribution in [2.24, 2.45) is 5.10 Å². The number of para-hydroxylation sites is 1. The van der Waals surface area contributed by atoms with Crippen molar-refractivity contribution in [1.29, 1.82) is 0 Å². The van der Waals surface area contributed by atoms with Crippen molar-refractivity contribution < 1.29 is 14.7 Å². The van der Waals surface area contributed by atoms with Gasteiger partial charge in [-0.05, 0) is 55.0 Å². The van der Waals surface area contributed by atoms with Crippen LogP contribution in [0.5, 0.6) is 5.75 Å². The lowest BCUT2D eigenvalue weighted by molar-refractivity contribution is 0.0951. The fraction of sp³-hybridized carbons (Fsp3) is 0.0455. The molecule has 0 radical (unpaired) electrons. The van der Waals surface area contributed by atoms with E-state index in [2.05, 4.69) is 15.8 Å². The zero-order valence-electron chi connectivity index (χ0n) is 15.8. The van der Waals surface area contributed by atoms with Gasteiger partial charge in [-0.15, -0.1) is 0 Å². The van der Waals surface area contributed by atoms with Crippen LogP contribution in [0, 0.1) is 0 Å². The standard InChI is InChI=1S/C22H17Cl2N3O3/c1-13(26-27-22(30)18-7-2-3-8-20(18)28)14-5-4-6-16(11-14)25-21(29)17-10-9-15(23)12-19(17)24/h2-12,28H,1H3,(H,25,29)(H,27,30)/b26-13+. The zero-order chi connectivity index (χ0) is 21.7. The maximum atomic E-state index is 12.5. The number of aromatic hydroxyl groups is 1. The third-order valence-corrected chi connectivity index (χ3v) is 4.74. The van der Waals surface area contributed by atoms with E-state index in [1.165, 1.54) is 18.2 Å². The van der Waals surface area contributed by atoms with Gasteiger partial charge in [-0.25, -0.2) is 5.43 Å². The number of carbonyl (C=O) groups is 2. The van der Waals surface area contributed by atoms with E-state index in [-0.39, 0.29) is 22.2 Å². The lowest BCUT2D eigenvalue weighted by Crippen LogP contribution is -2.19. The molecule has 0 unspecified atom stereocenters. The molecular formula is C22H17Cl2N3O3. The van der Waals surface area contributed by atoms with Crippen LogP contribution in [0.2, 0.25) is 10.0 Å². The van der Waals surface area contributed by atoms with Gasteiger partial charge in [-0.2, -0.15) is 5.10 Å². The summed E-state index contributed by atoms with van der Waals surface area (Å²) in [7, 11) is 0. The van der Waals surface area contributed by atoms with Crippen LogP contribution < -0.4 is 10.7 Å². The van der Waals surface area contributed by atoms with Crippen LogP contribution >= 0.6 is 23.2 Å². The number of phenols is 1. The van der Waals surface area contributed by atoms with Crippen molar-refractivity contribution in [3.05, 3.63) is 93.5 Å². The van der Waals surface area contributed by atoms with Crippen LogP contribution in [0.1, 0.15) is 33.2 Å². The molecule has 0 heterocycles. The SMILES string of the molecule is C/C(=N\NC(=O)c1ccccc1O)c1cccc(NC(=O)c2ccc(Cl)cc2Cl)c1. The van der Waals surface area contributed by atoms with Gasteiger partial charge < -0.3 is 10.4 Å². The fourth-order valence-corrected chi connectivity index (χ4v) is 3.11. The Morgan fingerprint density at radius 1 is 0.900 bits per heavy atom. The first-order chi connectivity index (χ1) is 14.3. The monoisotopic (exact) mass is 441 g/mol. The smallest absolute Gasteiger partial charge is 0.275 e. The number of nitrogens with zero attached hydrogens (tertiary/aromatic N) is 1. The molecule has 3 aromatic carbocycles. The Hall–Kier alpha value is -3.35. The van der Waals surface area contributed by atoms with Crippen LogP contribution in [0.25, 0.3) is 0 Å². The van der Waals surface area contributed by atoms with Gasteiger partial charge in [0, 0.05) is 10.7 Å². The largest absolute Gasteiger partial charge is 0.507 e. The number of hydrogen-bond donors (Lipinski definition) is 3. The molecule has 152 valence electrons. The molecule has 2 amide bonds. The summed E-state index contributed by atoms with van der Waals surface area (Å²) in [6.45, 7) is 1.71. The van der Waals surface area contributed by atoms with Crippen molar-refractivity contribution in [3.63, 3.8) is 0 Å². The lowest BCUT2D eigenvalue weighted by atomic mass is 10.1. The second-order valence-electron chi connectivity index (χ2n) is 6.31. The predicted molar refractivity (Wildman–Crippen MR) is 119 cm³/mol. The number of amides is 2. The van der Waals surface area contributed by atoms with Gasteiger partial charge in [0.2, 0.25) is 0 Å². The summed E-state index contributed by atoms with van der Waals surface area (Å²) in [4.78, 5) is 24.7. The summed E-state index contributed by atoms with van der Waals surface area (Å²) in [6, 6.07) is 17.8. The molecule has 0 aromatic heterocycles. The molecule has 0 bridgehead atoms. The topological polar surface area (TPSA) is 90.8 Å². The molecule has 0 saturated carbocycles. The highest BCUT2D eigenvalue weighted by atomic mass is 35.5. The Labute approximate surface area is 183 Å². The molecule has 6 nitrogen and oxygen atoms in total. The highest BCUT2D eigenvalue weighted by Crippen LogP contribution is 2.22. The Kier molecular flexibility index (Phi) is 6.72. The van der Waals surface area contributed by atoms with Gasteiger partial charge in [0.05, 0.1) is 21.9 Å². The van der Waals surface area contributed by atoms with Crippen molar-refractivity contribution in [2.75, 3.05) is 5.32 Å². The maximum Gasteiger partial charge on any atom is 0.275 e. The summed E-state index contributed by atoms with van der Waals surface area (Å²) in [5.41, 5.74) is 4.56. The molecule has 8 heteroatoms. The van der Waals surface area contributed by atoms with E-state index in [4.69, 9.17) is 23.2 Å². The van der Waals surface area contributed by atoms with Crippen LogP contribution in [0.15, 0.2) is 71.8 Å². The van der Waals surface area contributed by atoms with E-state index in [1.807, 2.05) is 0 Å². The summed E-state index contributed by atoms with van der Waals surface area (Å²) in [6.07, 6.45) is 0. The van der Waals surface area contributed by atoms with Crippen LogP contribution in [-0.4, -0.2) is 22.6 Å². The number of benzene rings is 3. The second kappa shape index (κ2) is 9.43. The van der Waals surface area contributed by atoms with Gasteiger partial charge in [0.1, 0.15) is 5.75 Å². The summed E-state index contributed by atoms with van der Waals surface area (Å²) in [5.74, 6) is -1.04. The molecular weight excluding hydrogens is 425 g/mol. The maximum absolute atomic E-state index is 12.5. The second-order valence-corrected chi connectivity index (χ2v) is 7.16. The number of rotatable bonds is 5. The highest BCUT2D eigenvalue weighted by molar-refractivity contribution is 6.37. The Balaban J connectivity index is 1.72. The molecule has 0 spiro atoms. The Morgan fingerprint density at radius 2 is 1.67 bits per heavy atom. The number of phenolic OH excluding ortho intramolecular Hbond substituents is 1. The number of hydrogen-bond acceptors (Lipinski definition) is 4. The van der Waals surface area contributed by atoms with Gasteiger partial charge in [0.25, 0.3) is 11.8 Å². The molecule has 30 heavy (non-hydrogen) atoms. The number of halogens is 2. The fourth-order valence-electron chi connectivity index (χ4n) is 2.62. The van der Waals surface area contributed by atoms with Gasteiger partial charge >= 0.3 is 0 Å². The molecule has 3 rings (SSSR count). The molecule has 0 fully saturated rings.